The van der Waals surface area contributed by atoms with Crippen LogP contribution in [-0.2, 0) is 54.3 Å². The first kappa shape index (κ1) is 57.8. The number of hydrogen-bond acceptors (Lipinski definition) is 13. The van der Waals surface area contributed by atoms with Gasteiger partial charge in [0.25, 0.3) is 0 Å². The van der Waals surface area contributed by atoms with E-state index in [1.807, 2.05) is 6.92 Å². The molecule has 9 atom stereocenters. The number of esters is 1. The molecule has 3 rings (SSSR count). The lowest BCUT2D eigenvalue weighted by Crippen LogP contribution is -2.65. The van der Waals surface area contributed by atoms with Crippen molar-refractivity contribution in [3.8, 4) is 5.75 Å². The number of benzene rings is 1. The molecule has 0 spiro atoms. The number of rotatable bonds is 19. The molecule has 2 heterocycles. The molecule has 0 radical (unpaired) electrons. The summed E-state index contributed by atoms with van der Waals surface area (Å²) in [6, 6.07) is -4.39. The Balaban J connectivity index is 2.24. The maximum absolute atomic E-state index is 14.8. The summed E-state index contributed by atoms with van der Waals surface area (Å²) < 4.78 is 5.85. The number of aliphatic hydroxyl groups excluding tert-OH is 1. The number of carboxylic acids is 1. The minimum Gasteiger partial charge on any atom is -0.508 e. The third-order valence-electron chi connectivity index (χ3n) is 12.2. The molecule has 2 aliphatic heterocycles. The second kappa shape index (κ2) is 27.6. The summed E-state index contributed by atoms with van der Waals surface area (Å²) >= 11 is 0. The van der Waals surface area contributed by atoms with E-state index in [2.05, 4.69) is 31.6 Å². The molecule has 0 saturated carbocycles. The smallest absolute Gasteiger partial charge is 0.329 e. The molecule has 0 aliphatic carbocycles. The molecule has 2 aliphatic rings. The zero-order valence-electron chi connectivity index (χ0n) is 41.3. The molecule has 2 fully saturated rings. The Labute approximate surface area is 408 Å². The van der Waals surface area contributed by atoms with E-state index < -0.39 is 120 Å². The van der Waals surface area contributed by atoms with E-state index >= 15 is 0 Å². The van der Waals surface area contributed by atoms with Crippen LogP contribution in [0, 0.1) is 11.8 Å². The van der Waals surface area contributed by atoms with Gasteiger partial charge in [0.05, 0.1) is 0 Å². The summed E-state index contributed by atoms with van der Waals surface area (Å²) in [5.41, 5.74) is 11.5. The number of amides is 7. The molecule has 70 heavy (non-hydrogen) atoms. The number of aliphatic carboxylic acids is 1. The number of nitrogens with one attached hydrogen (secondary N) is 5. The lowest BCUT2D eigenvalue weighted by molar-refractivity contribution is -0.166. The summed E-state index contributed by atoms with van der Waals surface area (Å²) in [6.45, 7) is 10.0. The molecule has 0 unspecified atom stereocenters. The summed E-state index contributed by atoms with van der Waals surface area (Å²) in [5, 5.41) is 43.9. The van der Waals surface area contributed by atoms with Crippen LogP contribution in [0.1, 0.15) is 118 Å². The number of cyclic esters (lactones) is 1. The second-order valence-corrected chi connectivity index (χ2v) is 18.7. The van der Waals surface area contributed by atoms with Crippen LogP contribution >= 0.6 is 0 Å². The van der Waals surface area contributed by atoms with Gasteiger partial charge < -0.3 is 67.9 Å². The van der Waals surface area contributed by atoms with Crippen molar-refractivity contribution in [2.75, 3.05) is 13.6 Å². The molecule has 23 heteroatoms. The van der Waals surface area contributed by atoms with Gasteiger partial charge in [0.15, 0.2) is 5.96 Å². The Morgan fingerprint density at radius 1 is 0.886 bits per heavy atom. The topological polar surface area (TPSA) is 355 Å². The van der Waals surface area contributed by atoms with Gasteiger partial charge in [-0.15, -0.1) is 0 Å². The number of nitrogens with two attached hydrogens (primary N) is 2. The van der Waals surface area contributed by atoms with Gasteiger partial charge in [-0.2, -0.15) is 0 Å². The third kappa shape index (κ3) is 17.5. The number of nitrogens with zero attached hydrogens (tertiary/aromatic N) is 3. The van der Waals surface area contributed by atoms with E-state index in [1.54, 1.807) is 39.8 Å². The van der Waals surface area contributed by atoms with Crippen molar-refractivity contribution in [3.05, 3.63) is 29.8 Å². The third-order valence-corrected chi connectivity index (χ3v) is 12.2. The zero-order chi connectivity index (χ0) is 52.4. The minimum atomic E-state index is -1.83. The van der Waals surface area contributed by atoms with E-state index in [-0.39, 0.29) is 75.5 Å². The number of unbranched alkanes of at least 4 members (excludes halogenated alkanes) is 2. The van der Waals surface area contributed by atoms with Gasteiger partial charge in [-0.25, -0.2) is 4.79 Å². The standard InChI is InChI=1S/C47H74N10O13/c1-8-9-10-13-35(59)51-31(19-21-37(61)62)41(64)55-39-27(6)70-46(69)38(26(4)5)54-42(65)33(24-28-14-16-29(58)17-15-28)56(7)45(68)34(23-25(2)3)57-36(60)20-18-32(44(57)67)53-40(63)30(52-43(39)66)12-11-22-50-47(48)49/h14-17,25-27,30-34,36,38-39,58,60H,8-13,18-24H2,1-7H3,(H,51,59)(H,52,66)(H,53,63)(H,54,65)(H,55,64)(H,61,62)(H4,48,49,50)/t27-,30+,31+,32+,33-,34-,36+,38-,39+/m0/s1. The number of aromatic hydroxyl groups is 1. The number of phenolic OH excluding ortho intramolecular Hbond substituents is 1. The maximum atomic E-state index is 14.8. The number of aliphatic imine (C=N–C) groups is 1. The Kier molecular flexibility index (Phi) is 22.8. The van der Waals surface area contributed by atoms with E-state index in [9.17, 15) is 58.5 Å². The molecule has 390 valence electrons. The minimum absolute atomic E-state index is 0.00423. The number of carboxylic acid groups (broad SMARTS) is 1. The van der Waals surface area contributed by atoms with Crippen LogP contribution in [0.4, 0.5) is 0 Å². The summed E-state index contributed by atoms with van der Waals surface area (Å²) in [6.07, 6.45) is -2.31. The normalized spacial score (nSPS) is 24.5. The first-order valence-electron chi connectivity index (χ1n) is 24.0. The predicted octanol–water partition coefficient (Wildman–Crippen LogP) is -0.359. The molecule has 2 saturated heterocycles. The van der Waals surface area contributed by atoms with Gasteiger partial charge in [0.2, 0.25) is 41.4 Å². The van der Waals surface area contributed by atoms with Crippen LogP contribution in [0.5, 0.6) is 5.75 Å². The molecule has 7 amide bonds. The Morgan fingerprint density at radius 2 is 1.56 bits per heavy atom. The summed E-state index contributed by atoms with van der Waals surface area (Å²) in [7, 11) is 1.35. The highest BCUT2D eigenvalue weighted by molar-refractivity contribution is 5.98. The van der Waals surface area contributed by atoms with E-state index in [4.69, 9.17) is 16.2 Å². The van der Waals surface area contributed by atoms with Crippen molar-refractivity contribution in [3.63, 3.8) is 0 Å². The number of phenols is 1. The van der Waals surface area contributed by atoms with Crippen LogP contribution < -0.4 is 38.1 Å². The van der Waals surface area contributed by atoms with Crippen LogP contribution in [-0.4, -0.2) is 153 Å². The van der Waals surface area contributed by atoms with E-state index in [0.717, 1.165) is 16.2 Å². The van der Waals surface area contributed by atoms with Crippen molar-refractivity contribution in [1.29, 1.82) is 0 Å². The molecule has 1 aromatic rings. The average Bonchev–Trinajstić information content (AvgIpc) is 3.28. The largest absolute Gasteiger partial charge is 0.508 e. The predicted molar refractivity (Wildman–Crippen MR) is 255 cm³/mol. The van der Waals surface area contributed by atoms with E-state index in [0.29, 0.717) is 18.4 Å². The van der Waals surface area contributed by atoms with Crippen molar-refractivity contribution in [2.24, 2.45) is 28.3 Å². The molecular weight excluding hydrogens is 913 g/mol. The number of ether oxygens (including phenoxy) is 1. The Hall–Kier alpha value is -6.52. The fraction of sp³-hybridized carbons (Fsp3) is 0.660. The number of piperidine rings is 1. The van der Waals surface area contributed by atoms with Gasteiger partial charge in [-0.3, -0.25) is 43.3 Å². The van der Waals surface area contributed by atoms with Gasteiger partial charge in [0.1, 0.15) is 60.4 Å². The highest BCUT2D eigenvalue weighted by Gasteiger charge is 2.46. The number of aliphatic hydroxyl groups is 1. The number of carbonyl (C=O) groups is 9. The Morgan fingerprint density at radius 3 is 2.16 bits per heavy atom. The molecule has 2 bridgehead atoms. The zero-order valence-corrected chi connectivity index (χ0v) is 41.3. The highest BCUT2D eigenvalue weighted by Crippen LogP contribution is 2.26. The van der Waals surface area contributed by atoms with Gasteiger partial charge >= 0.3 is 11.9 Å². The quantitative estimate of drug-likeness (QED) is 0.0366. The van der Waals surface area contributed by atoms with Crippen LogP contribution in [0.2, 0.25) is 0 Å². The van der Waals surface area contributed by atoms with Gasteiger partial charge in [-0.05, 0) is 81.4 Å². The molecule has 0 aromatic heterocycles. The number of carbonyl (C=O) groups excluding carboxylic acids is 8. The maximum Gasteiger partial charge on any atom is 0.329 e. The monoisotopic (exact) mass is 987 g/mol. The lowest BCUT2D eigenvalue weighted by Gasteiger charge is -2.43. The molecular formula is C47H74N10O13. The lowest BCUT2D eigenvalue weighted by atomic mass is 9.94. The van der Waals surface area contributed by atoms with Crippen molar-refractivity contribution >= 4 is 59.2 Å². The van der Waals surface area contributed by atoms with Crippen LogP contribution in [0.3, 0.4) is 0 Å². The number of fused-ring (bicyclic) bond motifs is 2. The average molecular weight is 987 g/mol. The number of hydrogen-bond donors (Lipinski definition) is 10. The van der Waals surface area contributed by atoms with Gasteiger partial charge in [-0.1, -0.05) is 59.6 Å². The number of likely N-dealkylation sites (N-methyl/N-ethyl adjacent to an activating group) is 1. The number of guanidine groups is 1. The van der Waals surface area contributed by atoms with Crippen molar-refractivity contribution in [2.45, 2.75) is 173 Å². The SMILES string of the molecule is CCCCCC(=O)N[C@H](CCC(=O)O)C(=O)N[C@H]1C(=O)N[C@H](CCCN=C(N)N)C(=O)N[C@@H]2CC[C@@H](O)N(C2=O)[C@@H](CC(C)C)C(=O)N(C)[C@@H](Cc2ccc(O)cc2)C(=O)N[C@@H](C(C)C)C(=O)O[C@H]1C. The van der Waals surface area contributed by atoms with Crippen LogP contribution in [0.15, 0.2) is 29.3 Å². The highest BCUT2D eigenvalue weighted by atomic mass is 16.5. The molecule has 12 N–H and O–H groups in total. The van der Waals surface area contributed by atoms with Gasteiger partial charge in [0, 0.05) is 32.9 Å². The Bertz CT molecular complexity index is 2030. The fourth-order valence-corrected chi connectivity index (χ4v) is 8.20. The summed E-state index contributed by atoms with van der Waals surface area (Å²) in [5.74, 6) is -9.47. The first-order valence-corrected chi connectivity index (χ1v) is 24.0. The second-order valence-electron chi connectivity index (χ2n) is 18.7. The van der Waals surface area contributed by atoms with Crippen LogP contribution in [0.25, 0.3) is 0 Å². The first-order chi connectivity index (χ1) is 32.9. The summed E-state index contributed by atoms with van der Waals surface area (Å²) in [4.78, 5) is 132. The van der Waals surface area contributed by atoms with E-state index in [1.165, 1.54) is 26.1 Å². The molecule has 1 aromatic carbocycles. The molecule has 23 nitrogen and oxygen atoms in total. The van der Waals surface area contributed by atoms with Crippen molar-refractivity contribution in [1.82, 2.24) is 36.4 Å². The van der Waals surface area contributed by atoms with Crippen molar-refractivity contribution < 1.29 is 63.2 Å². The fourth-order valence-electron chi connectivity index (χ4n) is 8.20.